The zero-order valence-corrected chi connectivity index (χ0v) is 12.6. The quantitative estimate of drug-likeness (QED) is 0.701. The molecule has 0 rings (SSSR count). The van der Waals surface area contributed by atoms with E-state index in [4.69, 9.17) is 9.47 Å². The van der Waals surface area contributed by atoms with Crippen molar-refractivity contribution in [3.63, 3.8) is 0 Å². The minimum absolute atomic E-state index is 0.120. The highest BCUT2D eigenvalue weighted by molar-refractivity contribution is 5.79. The number of esters is 1. The summed E-state index contributed by atoms with van der Waals surface area (Å²) in [5.74, 6) is -0.627. The van der Waals surface area contributed by atoms with E-state index in [1.807, 2.05) is 13.8 Å². The van der Waals surface area contributed by atoms with E-state index in [0.29, 0.717) is 6.54 Å². The summed E-state index contributed by atoms with van der Waals surface area (Å²) in [6, 6.07) is 0. The van der Waals surface area contributed by atoms with E-state index in [-0.39, 0.29) is 12.1 Å². The molecular formula is C13H27NO4. The maximum atomic E-state index is 11.8. The lowest BCUT2D eigenvalue weighted by atomic mass is 10.1. The number of hydrogen-bond acceptors (Lipinski definition) is 5. The fraction of sp³-hybridized carbons (Fsp3) is 0.923. The molecule has 0 aliphatic rings. The molecule has 2 N–H and O–H groups in total. The second kappa shape index (κ2) is 5.99. The van der Waals surface area contributed by atoms with E-state index in [0.717, 1.165) is 0 Å². The maximum absolute atomic E-state index is 11.8. The van der Waals surface area contributed by atoms with Crippen molar-refractivity contribution in [3.05, 3.63) is 0 Å². The molecule has 1 unspecified atom stereocenters. The number of aliphatic hydroxyl groups is 1. The van der Waals surface area contributed by atoms with Crippen molar-refractivity contribution in [1.29, 1.82) is 0 Å². The molecule has 0 saturated carbocycles. The van der Waals surface area contributed by atoms with Crippen LogP contribution in [-0.4, -0.2) is 48.1 Å². The molecule has 5 nitrogen and oxygen atoms in total. The van der Waals surface area contributed by atoms with Gasteiger partial charge >= 0.3 is 5.97 Å². The van der Waals surface area contributed by atoms with Crippen LogP contribution in [0.5, 0.6) is 0 Å². The zero-order valence-electron chi connectivity index (χ0n) is 12.6. The van der Waals surface area contributed by atoms with Crippen LogP contribution in [0.2, 0.25) is 0 Å². The third-order valence-corrected chi connectivity index (χ3v) is 2.41. The van der Waals surface area contributed by atoms with E-state index in [2.05, 4.69) is 5.32 Å². The van der Waals surface area contributed by atoms with Crippen LogP contribution in [0, 0.1) is 0 Å². The smallest absolute Gasteiger partial charge is 0.339 e. The van der Waals surface area contributed by atoms with Gasteiger partial charge in [-0.05, 0) is 41.5 Å². The number of rotatable bonds is 6. The van der Waals surface area contributed by atoms with Crippen molar-refractivity contribution < 1.29 is 19.4 Å². The minimum Gasteiger partial charge on any atom is -0.458 e. The monoisotopic (exact) mass is 261 g/mol. The van der Waals surface area contributed by atoms with Gasteiger partial charge in [0.25, 0.3) is 0 Å². The Hall–Kier alpha value is -0.650. The summed E-state index contributed by atoms with van der Waals surface area (Å²) in [7, 11) is 1.62. The Kier molecular flexibility index (Phi) is 5.78. The van der Waals surface area contributed by atoms with Crippen LogP contribution in [0.1, 0.15) is 41.5 Å². The van der Waals surface area contributed by atoms with Crippen molar-refractivity contribution in [2.75, 3.05) is 20.2 Å². The van der Waals surface area contributed by atoms with E-state index < -0.39 is 17.2 Å². The Morgan fingerprint density at radius 1 is 1.11 bits per heavy atom. The number of carbonyl (C=O) groups is 1. The highest BCUT2D eigenvalue weighted by Crippen LogP contribution is 2.14. The molecular weight excluding hydrogens is 234 g/mol. The fourth-order valence-electron chi connectivity index (χ4n) is 1.14. The Bertz CT molecular complexity index is 279. The van der Waals surface area contributed by atoms with Crippen LogP contribution in [0.25, 0.3) is 0 Å². The first-order chi connectivity index (χ1) is 7.90. The lowest BCUT2D eigenvalue weighted by Crippen LogP contribution is -2.50. The Morgan fingerprint density at radius 2 is 1.61 bits per heavy atom. The first kappa shape index (κ1) is 17.4. The van der Waals surface area contributed by atoms with Crippen LogP contribution in [0.15, 0.2) is 0 Å². The summed E-state index contributed by atoms with van der Waals surface area (Å²) >= 11 is 0. The zero-order chi connectivity index (χ0) is 14.6. The van der Waals surface area contributed by atoms with E-state index in [1.54, 1.807) is 27.9 Å². The average Bonchev–Trinajstić information content (AvgIpc) is 2.14. The van der Waals surface area contributed by atoms with Gasteiger partial charge in [-0.25, -0.2) is 4.79 Å². The average molecular weight is 261 g/mol. The predicted octanol–water partition coefficient (Wildman–Crippen LogP) is 1.09. The molecule has 0 radical (unpaired) electrons. The molecule has 1 atom stereocenters. The maximum Gasteiger partial charge on any atom is 0.339 e. The number of nitrogens with one attached hydrogen (secondary N) is 1. The molecule has 0 aromatic carbocycles. The van der Waals surface area contributed by atoms with Gasteiger partial charge in [-0.15, -0.1) is 0 Å². The number of methoxy groups -OCH3 is 1. The second-order valence-corrected chi connectivity index (χ2v) is 6.34. The molecule has 0 fully saturated rings. The van der Waals surface area contributed by atoms with E-state index in [9.17, 15) is 9.90 Å². The highest BCUT2D eigenvalue weighted by Gasteiger charge is 2.35. The number of hydrogen-bond donors (Lipinski definition) is 2. The molecule has 0 aliphatic heterocycles. The summed E-state index contributed by atoms with van der Waals surface area (Å²) in [6.07, 6.45) is 0. The van der Waals surface area contributed by atoms with Gasteiger partial charge < -0.3 is 19.9 Å². The van der Waals surface area contributed by atoms with Crippen LogP contribution in [0.3, 0.4) is 0 Å². The first-order valence-corrected chi connectivity index (χ1v) is 6.11. The summed E-state index contributed by atoms with van der Waals surface area (Å²) in [4.78, 5) is 11.8. The van der Waals surface area contributed by atoms with Crippen molar-refractivity contribution in [1.82, 2.24) is 5.32 Å². The normalized spacial score (nSPS) is 16.2. The van der Waals surface area contributed by atoms with Crippen LogP contribution in [0.4, 0.5) is 0 Å². The van der Waals surface area contributed by atoms with Gasteiger partial charge in [0.2, 0.25) is 0 Å². The molecule has 0 spiro atoms. The van der Waals surface area contributed by atoms with Gasteiger partial charge in [-0.3, -0.25) is 0 Å². The molecule has 0 aromatic heterocycles. The molecule has 18 heavy (non-hydrogen) atoms. The predicted molar refractivity (Wildman–Crippen MR) is 70.4 cm³/mol. The minimum atomic E-state index is -1.54. The molecule has 0 aliphatic carbocycles. The first-order valence-electron chi connectivity index (χ1n) is 6.11. The van der Waals surface area contributed by atoms with E-state index in [1.165, 1.54) is 6.92 Å². The fourth-order valence-corrected chi connectivity index (χ4v) is 1.14. The summed E-state index contributed by atoms with van der Waals surface area (Å²) in [5.41, 5.74) is -2.49. The van der Waals surface area contributed by atoms with Gasteiger partial charge in [0.05, 0.1) is 5.60 Å². The number of carbonyl (C=O) groups excluding carboxylic acids is 1. The second-order valence-electron chi connectivity index (χ2n) is 6.34. The summed E-state index contributed by atoms with van der Waals surface area (Å²) in [5, 5.41) is 13.0. The van der Waals surface area contributed by atoms with Crippen molar-refractivity contribution in [2.24, 2.45) is 0 Å². The third kappa shape index (κ3) is 6.93. The molecule has 5 heteroatoms. The lowest BCUT2D eigenvalue weighted by Gasteiger charge is -2.29. The molecule has 0 heterocycles. The molecule has 0 aromatic rings. The van der Waals surface area contributed by atoms with Crippen LogP contribution in [-0.2, 0) is 14.3 Å². The topological polar surface area (TPSA) is 67.8 Å². The van der Waals surface area contributed by atoms with Gasteiger partial charge in [0.15, 0.2) is 5.60 Å². The lowest BCUT2D eigenvalue weighted by molar-refractivity contribution is -0.175. The molecule has 0 bridgehead atoms. The van der Waals surface area contributed by atoms with Gasteiger partial charge in [0, 0.05) is 20.2 Å². The molecule has 108 valence electrons. The summed E-state index contributed by atoms with van der Waals surface area (Å²) in [6.45, 7) is 11.2. The Morgan fingerprint density at radius 3 is 2.00 bits per heavy atom. The summed E-state index contributed by atoms with van der Waals surface area (Å²) < 4.78 is 10.4. The largest absolute Gasteiger partial charge is 0.458 e. The van der Waals surface area contributed by atoms with Gasteiger partial charge in [-0.1, -0.05) is 0 Å². The standard InChI is InChI=1S/C13H27NO4/c1-11(2,3)18-10(15)13(6,16)9-14-8-12(4,5)17-7/h14,16H,8-9H2,1-7H3. The van der Waals surface area contributed by atoms with Crippen LogP contribution < -0.4 is 5.32 Å². The van der Waals surface area contributed by atoms with Crippen LogP contribution >= 0.6 is 0 Å². The van der Waals surface area contributed by atoms with Crippen molar-refractivity contribution in [3.8, 4) is 0 Å². The number of ether oxygens (including phenoxy) is 2. The van der Waals surface area contributed by atoms with Crippen molar-refractivity contribution in [2.45, 2.75) is 58.3 Å². The van der Waals surface area contributed by atoms with Gasteiger partial charge in [0.1, 0.15) is 5.60 Å². The molecule has 0 saturated heterocycles. The SMILES string of the molecule is COC(C)(C)CNCC(C)(O)C(=O)OC(C)(C)C. The highest BCUT2D eigenvalue weighted by atomic mass is 16.6. The Labute approximate surface area is 110 Å². The Balaban J connectivity index is 4.27. The van der Waals surface area contributed by atoms with Crippen molar-refractivity contribution >= 4 is 5.97 Å². The third-order valence-electron chi connectivity index (χ3n) is 2.41. The van der Waals surface area contributed by atoms with E-state index >= 15 is 0 Å². The molecule has 0 amide bonds. The van der Waals surface area contributed by atoms with Gasteiger partial charge in [-0.2, -0.15) is 0 Å².